The first kappa shape index (κ1) is 16.3. The first-order chi connectivity index (χ1) is 11.8. The Morgan fingerprint density at radius 1 is 1.04 bits per heavy atom. The predicted molar refractivity (Wildman–Crippen MR) is 105 cm³/mol. The molecule has 0 aliphatic heterocycles. The number of allylic oxidation sites excluding steroid dienone is 1. The first-order valence-corrected chi connectivity index (χ1v) is 8.40. The molecule has 1 aromatic carbocycles. The van der Waals surface area contributed by atoms with E-state index in [0.29, 0.717) is 5.56 Å². The fourth-order valence-corrected chi connectivity index (χ4v) is 2.53. The van der Waals surface area contributed by atoms with E-state index in [4.69, 9.17) is 0 Å². The van der Waals surface area contributed by atoms with Crippen LogP contribution in [0.1, 0.15) is 15.9 Å². The molecule has 0 unspecified atom stereocenters. The third-order valence-electron chi connectivity index (χ3n) is 3.43. The lowest BCUT2D eigenvalue weighted by Crippen LogP contribution is -1.93. The van der Waals surface area contributed by atoms with Crippen molar-refractivity contribution in [3.63, 3.8) is 0 Å². The third kappa shape index (κ3) is 4.05. The van der Waals surface area contributed by atoms with E-state index in [1.54, 1.807) is 42.9 Å². The van der Waals surface area contributed by atoms with Crippen LogP contribution in [0.15, 0.2) is 73.2 Å². The summed E-state index contributed by atoms with van der Waals surface area (Å²) in [6, 6.07) is 15.1. The van der Waals surface area contributed by atoms with Crippen LogP contribution in [0.3, 0.4) is 0 Å². The monoisotopic (exact) mass is 427 g/mol. The van der Waals surface area contributed by atoms with E-state index in [1.165, 1.54) is 0 Å². The Kier molecular flexibility index (Phi) is 5.32. The Labute approximate surface area is 154 Å². The molecule has 4 nitrogen and oxygen atoms in total. The fourth-order valence-electron chi connectivity index (χ4n) is 2.24. The second-order valence-corrected chi connectivity index (χ2v) is 5.63. The smallest absolute Gasteiger partial charge is 0.185 e. The van der Waals surface area contributed by atoms with E-state index < -0.39 is 0 Å². The van der Waals surface area contributed by atoms with Crippen LogP contribution in [0.25, 0.3) is 17.2 Å². The lowest BCUT2D eigenvalue weighted by molar-refractivity contribution is 0.104. The quantitative estimate of drug-likeness (QED) is 0.275. The van der Waals surface area contributed by atoms with Gasteiger partial charge in [-0.05, 0) is 41.5 Å². The highest BCUT2D eigenvalue weighted by atomic mass is 127. The van der Waals surface area contributed by atoms with E-state index in [1.807, 2.05) is 59.3 Å². The van der Waals surface area contributed by atoms with Crippen molar-refractivity contribution >= 4 is 40.5 Å². The third-order valence-corrected chi connectivity index (χ3v) is 3.99. The predicted octanol–water partition coefficient (Wildman–Crippen LogP) is 4.80. The van der Waals surface area contributed by atoms with Crippen LogP contribution in [-0.4, -0.2) is 15.8 Å². The van der Waals surface area contributed by atoms with E-state index >= 15 is 0 Å². The van der Waals surface area contributed by atoms with Crippen molar-refractivity contribution in [2.24, 2.45) is 0 Å². The van der Waals surface area contributed by atoms with Gasteiger partial charge in [-0.3, -0.25) is 9.78 Å². The van der Waals surface area contributed by atoms with Crippen molar-refractivity contribution in [1.82, 2.24) is 9.97 Å². The molecule has 0 amide bonds. The van der Waals surface area contributed by atoms with Crippen LogP contribution in [0, 0.1) is 0 Å². The lowest BCUT2D eigenvalue weighted by Gasteiger charge is -2.04. The minimum atomic E-state index is -0.0266. The van der Waals surface area contributed by atoms with E-state index in [2.05, 4.69) is 13.5 Å². The van der Waals surface area contributed by atoms with Crippen LogP contribution >= 0.6 is 22.9 Å². The standard InChI is InChI=1S/C19H14IN3O/c20-23-19-11-16(8-9-22-19)17-10-14(12-21-13-17)6-7-18(24)15-4-2-1-3-5-15/h1-13H,(H,22,23)/b7-6+. The molecule has 5 heteroatoms. The topological polar surface area (TPSA) is 54.9 Å². The van der Waals surface area contributed by atoms with Crippen LogP contribution in [0.2, 0.25) is 0 Å². The van der Waals surface area contributed by atoms with Gasteiger partial charge < -0.3 is 3.53 Å². The molecule has 118 valence electrons. The van der Waals surface area contributed by atoms with Gasteiger partial charge in [0.2, 0.25) is 0 Å². The average molecular weight is 427 g/mol. The molecule has 3 aromatic rings. The maximum absolute atomic E-state index is 12.1. The van der Waals surface area contributed by atoms with Gasteiger partial charge in [0.1, 0.15) is 5.82 Å². The maximum atomic E-state index is 12.1. The average Bonchev–Trinajstić information content (AvgIpc) is 2.67. The summed E-state index contributed by atoms with van der Waals surface area (Å²) in [5.74, 6) is 0.759. The highest BCUT2D eigenvalue weighted by Gasteiger charge is 2.03. The molecule has 2 aromatic heterocycles. The molecule has 0 atom stereocenters. The summed E-state index contributed by atoms with van der Waals surface area (Å²) in [5, 5.41) is 0. The minimum Gasteiger partial charge on any atom is -0.313 e. The van der Waals surface area contributed by atoms with Gasteiger partial charge in [0.05, 0.1) is 22.9 Å². The Hall–Kier alpha value is -2.54. The number of anilines is 1. The molecule has 0 aliphatic rings. The molecule has 0 aliphatic carbocycles. The Morgan fingerprint density at radius 3 is 2.67 bits per heavy atom. The number of nitrogens with zero attached hydrogens (tertiary/aromatic N) is 2. The summed E-state index contributed by atoms with van der Waals surface area (Å²) in [6.45, 7) is 0. The summed E-state index contributed by atoms with van der Waals surface area (Å²) in [5.41, 5.74) is 3.53. The van der Waals surface area contributed by atoms with Gasteiger partial charge in [0, 0.05) is 29.7 Å². The van der Waals surface area contributed by atoms with E-state index in [9.17, 15) is 4.79 Å². The molecule has 0 radical (unpaired) electrons. The van der Waals surface area contributed by atoms with Gasteiger partial charge in [-0.25, -0.2) is 4.98 Å². The number of aromatic nitrogens is 2. The molecule has 0 spiro atoms. The van der Waals surface area contributed by atoms with Gasteiger partial charge in [0.25, 0.3) is 0 Å². The van der Waals surface area contributed by atoms with Gasteiger partial charge in [-0.2, -0.15) is 0 Å². The summed E-state index contributed by atoms with van der Waals surface area (Å²) in [4.78, 5) is 20.6. The van der Waals surface area contributed by atoms with Crippen molar-refractivity contribution in [1.29, 1.82) is 0 Å². The van der Waals surface area contributed by atoms with Crippen LogP contribution in [0.4, 0.5) is 5.82 Å². The van der Waals surface area contributed by atoms with Crippen molar-refractivity contribution in [2.45, 2.75) is 0 Å². The number of hydrogen-bond donors (Lipinski definition) is 1. The Bertz CT molecular complexity index is 879. The number of halogens is 1. The highest BCUT2D eigenvalue weighted by molar-refractivity contribution is 14.1. The fraction of sp³-hybridized carbons (Fsp3) is 0. The van der Waals surface area contributed by atoms with Crippen LogP contribution < -0.4 is 3.53 Å². The largest absolute Gasteiger partial charge is 0.313 e. The number of hydrogen-bond acceptors (Lipinski definition) is 4. The second kappa shape index (κ2) is 7.83. The van der Waals surface area contributed by atoms with Gasteiger partial charge >= 0.3 is 0 Å². The van der Waals surface area contributed by atoms with Crippen LogP contribution in [0.5, 0.6) is 0 Å². The number of carbonyl (C=O) groups is 1. The molecular formula is C19H14IN3O. The molecule has 0 saturated carbocycles. The SMILES string of the molecule is O=C(/C=C/c1cncc(-c2ccnc(NI)c2)c1)c1ccccc1. The second-order valence-electron chi connectivity index (χ2n) is 5.09. The number of ketones is 1. The summed E-state index contributed by atoms with van der Waals surface area (Å²) in [7, 11) is 0. The van der Waals surface area contributed by atoms with Crippen molar-refractivity contribution < 1.29 is 4.79 Å². The minimum absolute atomic E-state index is 0.0266. The zero-order valence-corrected chi connectivity index (χ0v) is 14.8. The molecule has 2 heterocycles. The van der Waals surface area contributed by atoms with Gasteiger partial charge in [-0.15, -0.1) is 0 Å². The summed E-state index contributed by atoms with van der Waals surface area (Å²) >= 11 is 2.05. The molecule has 0 saturated heterocycles. The zero-order chi connectivity index (χ0) is 16.8. The number of nitrogens with one attached hydrogen (secondary N) is 1. The number of rotatable bonds is 5. The van der Waals surface area contributed by atoms with E-state index in [0.717, 1.165) is 22.5 Å². The summed E-state index contributed by atoms with van der Waals surface area (Å²) < 4.78 is 2.99. The van der Waals surface area contributed by atoms with Gasteiger partial charge in [0.15, 0.2) is 5.78 Å². The highest BCUT2D eigenvalue weighted by Crippen LogP contribution is 2.22. The number of benzene rings is 1. The zero-order valence-electron chi connectivity index (χ0n) is 12.7. The lowest BCUT2D eigenvalue weighted by atomic mass is 10.1. The molecule has 3 rings (SSSR count). The van der Waals surface area contributed by atoms with Crippen molar-refractivity contribution in [3.8, 4) is 11.1 Å². The molecule has 0 fully saturated rings. The molecule has 1 N–H and O–H groups in total. The first-order valence-electron chi connectivity index (χ1n) is 7.32. The van der Waals surface area contributed by atoms with Crippen molar-refractivity contribution in [2.75, 3.05) is 3.53 Å². The van der Waals surface area contributed by atoms with Crippen molar-refractivity contribution in [3.05, 3.63) is 84.3 Å². The van der Waals surface area contributed by atoms with Crippen LogP contribution in [-0.2, 0) is 0 Å². The van der Waals surface area contributed by atoms with Gasteiger partial charge in [-0.1, -0.05) is 30.3 Å². The molecule has 0 bridgehead atoms. The maximum Gasteiger partial charge on any atom is 0.185 e. The van der Waals surface area contributed by atoms with E-state index in [-0.39, 0.29) is 5.78 Å². The number of pyridine rings is 2. The number of carbonyl (C=O) groups excluding carboxylic acids is 1. The molecular weight excluding hydrogens is 413 g/mol. The Morgan fingerprint density at radius 2 is 1.88 bits per heavy atom. The summed E-state index contributed by atoms with van der Waals surface area (Å²) in [6.07, 6.45) is 8.63. The Balaban J connectivity index is 1.83. The molecule has 24 heavy (non-hydrogen) atoms. The normalized spacial score (nSPS) is 10.7.